The van der Waals surface area contributed by atoms with Crippen molar-refractivity contribution in [1.29, 1.82) is 0 Å². The molecule has 1 N–H and O–H groups in total. The van der Waals surface area contributed by atoms with Gasteiger partial charge in [0.1, 0.15) is 6.17 Å². The summed E-state index contributed by atoms with van der Waals surface area (Å²) < 4.78 is 6.38. The van der Waals surface area contributed by atoms with Gasteiger partial charge in [-0.3, -0.25) is 14.3 Å². The van der Waals surface area contributed by atoms with Gasteiger partial charge >= 0.3 is 0 Å². The summed E-state index contributed by atoms with van der Waals surface area (Å²) in [5, 5.41) is 0. The first kappa shape index (κ1) is 13.7. The van der Waals surface area contributed by atoms with Gasteiger partial charge in [0.15, 0.2) is 22.0 Å². The average Bonchev–Trinajstić information content (AvgIpc) is 2.41. The predicted molar refractivity (Wildman–Crippen MR) is 74.9 cm³/mol. The van der Waals surface area contributed by atoms with Gasteiger partial charge in [-0.15, -0.1) is 6.58 Å². The summed E-state index contributed by atoms with van der Waals surface area (Å²) >= 11 is 2.77. The van der Waals surface area contributed by atoms with Gasteiger partial charge in [-0.05, 0) is 12.8 Å². The fourth-order valence-electron chi connectivity index (χ4n) is 1.99. The quantitative estimate of drug-likeness (QED) is 0.850. The molecule has 1 amide bonds. The Morgan fingerprint density at radius 2 is 2.32 bits per heavy atom. The monoisotopic (exact) mass is 327 g/mol. The Balaban J connectivity index is 2.44. The molecule has 0 bridgehead atoms. The number of allylic oxidation sites excluding steroid dienone is 1. The lowest BCUT2D eigenvalue weighted by molar-refractivity contribution is 0.0686. The van der Waals surface area contributed by atoms with Crippen LogP contribution in [-0.4, -0.2) is 28.7 Å². The van der Waals surface area contributed by atoms with Crippen LogP contribution in [0.5, 0.6) is 5.75 Å². The van der Waals surface area contributed by atoms with Crippen molar-refractivity contribution in [3.05, 3.63) is 40.8 Å². The highest BCUT2D eigenvalue weighted by atomic mass is 79.9. The lowest BCUT2D eigenvalue weighted by Crippen LogP contribution is -2.52. The van der Waals surface area contributed by atoms with Crippen LogP contribution in [0.15, 0.2) is 29.7 Å². The lowest BCUT2D eigenvalue weighted by Gasteiger charge is -2.36. The van der Waals surface area contributed by atoms with Crippen LogP contribution in [0.2, 0.25) is 0 Å². The Morgan fingerprint density at radius 3 is 2.95 bits per heavy atom. The maximum Gasteiger partial charge on any atom is 0.277 e. The highest BCUT2D eigenvalue weighted by Crippen LogP contribution is 2.22. The molecule has 2 heterocycles. The Bertz CT molecular complexity index is 570. The fraction of sp³-hybridized carbons (Fsp3) is 0.333. The third-order valence-electron chi connectivity index (χ3n) is 3.05. The fourth-order valence-corrected chi connectivity index (χ4v) is 2.30. The third-order valence-corrected chi connectivity index (χ3v) is 3.38. The van der Waals surface area contributed by atoms with Crippen LogP contribution in [-0.2, 0) is 0 Å². The van der Waals surface area contributed by atoms with Gasteiger partial charge in [-0.2, -0.15) is 0 Å². The van der Waals surface area contributed by atoms with Crippen LogP contribution in [0, 0.1) is 0 Å². The standard InChI is InChI=1S/C12H14BrN3O3/c1-3-4-5-9-14-16-7-6-8(17)11(19-13)10(16)12(18)15(9)2/h3,6-7,9,14H,1,4-5H2,2H3. The minimum atomic E-state index is -0.351. The normalized spacial score (nSPS) is 17.7. The van der Waals surface area contributed by atoms with Crippen molar-refractivity contribution in [2.24, 2.45) is 0 Å². The van der Waals surface area contributed by atoms with E-state index in [1.165, 1.54) is 16.9 Å². The van der Waals surface area contributed by atoms with Crippen LogP contribution < -0.4 is 14.7 Å². The number of nitrogens with zero attached hydrogens (tertiary/aromatic N) is 2. The van der Waals surface area contributed by atoms with Crippen molar-refractivity contribution in [3.63, 3.8) is 0 Å². The van der Waals surface area contributed by atoms with Gasteiger partial charge in [0, 0.05) is 19.3 Å². The molecule has 0 saturated carbocycles. The number of rotatable bonds is 4. The number of hydrogen-bond acceptors (Lipinski definition) is 4. The number of pyridine rings is 1. The number of aromatic nitrogens is 1. The van der Waals surface area contributed by atoms with Crippen molar-refractivity contribution >= 4 is 22.2 Å². The average molecular weight is 328 g/mol. The molecule has 1 aliphatic rings. The van der Waals surface area contributed by atoms with Gasteiger partial charge in [0.2, 0.25) is 11.2 Å². The molecule has 0 radical (unpaired) electrons. The second-order valence-corrected chi connectivity index (χ2v) is 4.56. The van der Waals surface area contributed by atoms with Crippen LogP contribution in [0.4, 0.5) is 0 Å². The van der Waals surface area contributed by atoms with E-state index in [9.17, 15) is 9.59 Å². The van der Waals surface area contributed by atoms with Gasteiger partial charge in [0.25, 0.3) is 5.91 Å². The molecular formula is C12H14BrN3O3. The lowest BCUT2D eigenvalue weighted by atomic mass is 10.2. The number of amides is 1. The molecule has 0 aliphatic carbocycles. The summed E-state index contributed by atoms with van der Waals surface area (Å²) in [5.41, 5.74) is 2.98. The van der Waals surface area contributed by atoms with Crippen molar-refractivity contribution in [2.75, 3.05) is 12.5 Å². The summed E-state index contributed by atoms with van der Waals surface area (Å²) in [4.78, 5) is 25.5. The van der Waals surface area contributed by atoms with E-state index in [-0.39, 0.29) is 28.9 Å². The zero-order chi connectivity index (χ0) is 14.0. The molecule has 1 aliphatic heterocycles. The van der Waals surface area contributed by atoms with E-state index in [1.807, 2.05) is 0 Å². The maximum atomic E-state index is 12.3. The van der Waals surface area contributed by atoms with E-state index in [2.05, 4.69) is 28.3 Å². The third kappa shape index (κ3) is 2.37. The zero-order valence-corrected chi connectivity index (χ0v) is 12.0. The summed E-state index contributed by atoms with van der Waals surface area (Å²) in [6.45, 7) is 3.67. The van der Waals surface area contributed by atoms with Gasteiger partial charge in [-0.25, -0.2) is 0 Å². The van der Waals surface area contributed by atoms with Crippen LogP contribution in [0.3, 0.4) is 0 Å². The van der Waals surface area contributed by atoms with Gasteiger partial charge in [-0.1, -0.05) is 6.08 Å². The molecule has 19 heavy (non-hydrogen) atoms. The van der Waals surface area contributed by atoms with Gasteiger partial charge in [0.05, 0.1) is 0 Å². The Kier molecular flexibility index (Phi) is 3.94. The molecule has 0 aromatic carbocycles. The summed E-state index contributed by atoms with van der Waals surface area (Å²) in [5.74, 6) is -0.283. The molecule has 1 unspecified atom stereocenters. The second kappa shape index (κ2) is 5.48. The topological polar surface area (TPSA) is 63.6 Å². The minimum Gasteiger partial charge on any atom is -0.411 e. The van der Waals surface area contributed by atoms with Crippen molar-refractivity contribution < 1.29 is 8.62 Å². The minimum absolute atomic E-state index is 0.0194. The smallest absolute Gasteiger partial charge is 0.277 e. The number of nitrogens with one attached hydrogen (secondary N) is 1. The Labute approximate surface area is 119 Å². The van der Waals surface area contributed by atoms with E-state index < -0.39 is 0 Å². The van der Waals surface area contributed by atoms with Crippen LogP contribution in [0.25, 0.3) is 0 Å². The predicted octanol–water partition coefficient (Wildman–Crippen LogP) is 1.46. The van der Waals surface area contributed by atoms with E-state index in [0.29, 0.717) is 0 Å². The molecule has 2 rings (SSSR count). The maximum absolute atomic E-state index is 12.3. The first-order chi connectivity index (χ1) is 9.10. The molecular weight excluding hydrogens is 314 g/mol. The van der Waals surface area contributed by atoms with E-state index in [1.54, 1.807) is 18.0 Å². The number of carbonyl (C=O) groups is 1. The summed E-state index contributed by atoms with van der Waals surface area (Å²) in [7, 11) is 1.68. The Morgan fingerprint density at radius 1 is 1.58 bits per heavy atom. The molecule has 0 fully saturated rings. The van der Waals surface area contributed by atoms with Crippen molar-refractivity contribution in [1.82, 2.24) is 9.58 Å². The molecule has 7 heteroatoms. The zero-order valence-electron chi connectivity index (χ0n) is 10.4. The number of hydrogen-bond donors (Lipinski definition) is 1. The van der Waals surface area contributed by atoms with Crippen molar-refractivity contribution in [3.8, 4) is 5.75 Å². The Hall–Kier alpha value is -1.76. The molecule has 102 valence electrons. The number of fused-ring (bicyclic) bond motifs is 1. The second-order valence-electron chi connectivity index (χ2n) is 4.23. The highest BCUT2D eigenvalue weighted by Gasteiger charge is 2.32. The summed E-state index contributed by atoms with van der Waals surface area (Å²) in [6.07, 6.45) is 4.70. The SMILES string of the molecule is C=CCCC1Nn2ccc(=O)c(OBr)c2C(=O)N1C. The van der Waals surface area contributed by atoms with E-state index in [0.717, 1.165) is 12.8 Å². The van der Waals surface area contributed by atoms with Crippen LogP contribution in [0.1, 0.15) is 23.3 Å². The van der Waals surface area contributed by atoms with E-state index >= 15 is 0 Å². The van der Waals surface area contributed by atoms with E-state index in [4.69, 9.17) is 3.83 Å². The number of carbonyl (C=O) groups excluding carboxylic acids is 1. The first-order valence-electron chi connectivity index (χ1n) is 5.79. The molecule has 0 saturated heterocycles. The van der Waals surface area contributed by atoms with Crippen LogP contribution >= 0.6 is 16.3 Å². The highest BCUT2D eigenvalue weighted by molar-refractivity contribution is 9.06. The van der Waals surface area contributed by atoms with Gasteiger partial charge < -0.3 is 14.2 Å². The molecule has 1 atom stereocenters. The molecule has 0 spiro atoms. The number of halogens is 1. The summed E-state index contributed by atoms with van der Waals surface area (Å²) in [6, 6.07) is 1.34. The molecule has 6 nitrogen and oxygen atoms in total. The van der Waals surface area contributed by atoms with Crippen molar-refractivity contribution in [2.45, 2.75) is 19.0 Å². The molecule has 1 aromatic rings. The molecule has 1 aromatic heterocycles. The first-order valence-corrected chi connectivity index (χ1v) is 6.43. The largest absolute Gasteiger partial charge is 0.411 e.